The molecule has 1 aliphatic heterocycles. The highest BCUT2D eigenvalue weighted by atomic mass is 16.6. The van der Waals surface area contributed by atoms with Crippen molar-refractivity contribution in [2.75, 3.05) is 19.6 Å². The molecule has 2 unspecified atom stereocenters. The van der Waals surface area contributed by atoms with Gasteiger partial charge >= 0.3 is 6.09 Å². The molecule has 1 saturated carbocycles. The van der Waals surface area contributed by atoms with E-state index in [0.29, 0.717) is 17.9 Å². The molecular formula is C17H32N2O2. The molecule has 2 fully saturated rings. The van der Waals surface area contributed by atoms with Gasteiger partial charge in [-0.25, -0.2) is 4.79 Å². The summed E-state index contributed by atoms with van der Waals surface area (Å²) in [4.78, 5) is 13.9. The van der Waals surface area contributed by atoms with Gasteiger partial charge in [0.2, 0.25) is 0 Å². The van der Waals surface area contributed by atoms with Gasteiger partial charge in [0.05, 0.1) is 0 Å². The number of carbonyl (C=O) groups excluding carboxylic acids is 1. The number of likely N-dealkylation sites (tertiary alicyclic amines) is 1. The average molecular weight is 296 g/mol. The number of piperidine rings is 1. The normalized spacial score (nSPS) is 27.6. The van der Waals surface area contributed by atoms with Crippen LogP contribution >= 0.6 is 0 Å². The molecule has 0 spiro atoms. The van der Waals surface area contributed by atoms with Crippen LogP contribution in [-0.4, -0.2) is 42.3 Å². The topological polar surface area (TPSA) is 41.6 Å². The molecule has 1 heterocycles. The van der Waals surface area contributed by atoms with E-state index in [0.717, 1.165) is 19.6 Å². The number of hydrogen-bond acceptors (Lipinski definition) is 3. The summed E-state index contributed by atoms with van der Waals surface area (Å²) in [6.45, 7) is 10.9. The van der Waals surface area contributed by atoms with Crippen LogP contribution in [0.4, 0.5) is 4.79 Å². The summed E-state index contributed by atoms with van der Waals surface area (Å²) in [6, 6.07) is 0.648. The first-order valence-corrected chi connectivity index (χ1v) is 8.63. The summed E-state index contributed by atoms with van der Waals surface area (Å²) in [5.74, 6) is 1.32. The van der Waals surface area contributed by atoms with E-state index in [4.69, 9.17) is 4.74 Å². The highest BCUT2D eigenvalue weighted by Gasteiger charge is 2.56. The van der Waals surface area contributed by atoms with Crippen molar-refractivity contribution in [2.45, 2.75) is 71.4 Å². The molecule has 2 rings (SSSR count). The Labute approximate surface area is 129 Å². The second kappa shape index (κ2) is 6.99. The molecule has 1 N–H and O–H groups in total. The van der Waals surface area contributed by atoms with Gasteiger partial charge in [-0.2, -0.15) is 0 Å². The smallest absolute Gasteiger partial charge is 0.410 e. The lowest BCUT2D eigenvalue weighted by molar-refractivity contribution is 0.0269. The standard InChI is InChI=1S/C17H32N2O2/c1-5-6-7-8-9-10-18-15-13-11-19(12-14(13)15)16(20)21-17(2,3)4/h13-15,18H,5-12H2,1-4H3. The highest BCUT2D eigenvalue weighted by molar-refractivity contribution is 5.69. The molecule has 21 heavy (non-hydrogen) atoms. The van der Waals surface area contributed by atoms with E-state index in [9.17, 15) is 4.79 Å². The van der Waals surface area contributed by atoms with Crippen molar-refractivity contribution < 1.29 is 9.53 Å². The zero-order chi connectivity index (χ0) is 15.5. The summed E-state index contributed by atoms with van der Waals surface area (Å²) < 4.78 is 5.43. The Morgan fingerprint density at radius 2 is 1.76 bits per heavy atom. The average Bonchev–Trinajstić information content (AvgIpc) is 2.83. The molecule has 4 nitrogen and oxygen atoms in total. The fraction of sp³-hybridized carbons (Fsp3) is 0.941. The van der Waals surface area contributed by atoms with Gasteiger partial charge in [0.15, 0.2) is 0 Å². The van der Waals surface area contributed by atoms with E-state index >= 15 is 0 Å². The number of ether oxygens (including phenoxy) is 1. The third kappa shape index (κ3) is 4.87. The molecule has 4 heteroatoms. The summed E-state index contributed by atoms with van der Waals surface area (Å²) in [6.07, 6.45) is 6.51. The third-order valence-corrected chi connectivity index (χ3v) is 4.51. The number of amides is 1. The fourth-order valence-electron chi connectivity index (χ4n) is 3.30. The Bertz CT molecular complexity index is 339. The van der Waals surface area contributed by atoms with E-state index in [2.05, 4.69) is 12.2 Å². The zero-order valence-electron chi connectivity index (χ0n) is 14.2. The van der Waals surface area contributed by atoms with E-state index in [1.807, 2.05) is 25.7 Å². The predicted molar refractivity (Wildman–Crippen MR) is 85.3 cm³/mol. The van der Waals surface area contributed by atoms with Gasteiger partial charge in [-0.05, 0) is 45.6 Å². The molecule has 0 bridgehead atoms. The minimum Gasteiger partial charge on any atom is -0.444 e. The highest BCUT2D eigenvalue weighted by Crippen LogP contribution is 2.45. The second-order valence-electron chi connectivity index (χ2n) is 7.61. The second-order valence-corrected chi connectivity index (χ2v) is 7.61. The van der Waals surface area contributed by atoms with E-state index in [-0.39, 0.29) is 11.7 Å². The van der Waals surface area contributed by atoms with Crippen molar-refractivity contribution in [2.24, 2.45) is 11.8 Å². The molecule has 1 saturated heterocycles. The van der Waals surface area contributed by atoms with E-state index in [1.54, 1.807) is 0 Å². The maximum atomic E-state index is 12.0. The Morgan fingerprint density at radius 1 is 1.14 bits per heavy atom. The minimum absolute atomic E-state index is 0.145. The summed E-state index contributed by atoms with van der Waals surface area (Å²) in [5.41, 5.74) is -0.389. The largest absolute Gasteiger partial charge is 0.444 e. The Hall–Kier alpha value is -0.770. The number of fused-ring (bicyclic) bond motifs is 1. The Kier molecular flexibility index (Phi) is 5.53. The first kappa shape index (κ1) is 16.6. The molecule has 122 valence electrons. The molecule has 2 aliphatic rings. The Morgan fingerprint density at radius 3 is 2.33 bits per heavy atom. The van der Waals surface area contributed by atoms with E-state index < -0.39 is 0 Å². The minimum atomic E-state index is -0.389. The predicted octanol–water partition coefficient (Wildman–Crippen LogP) is 3.41. The first-order chi connectivity index (χ1) is 9.92. The van der Waals surface area contributed by atoms with Crippen LogP contribution in [0.5, 0.6) is 0 Å². The van der Waals surface area contributed by atoms with Gasteiger partial charge in [0.1, 0.15) is 5.60 Å². The maximum absolute atomic E-state index is 12.0. The number of rotatable bonds is 7. The number of hydrogen-bond donors (Lipinski definition) is 1. The number of carbonyl (C=O) groups is 1. The van der Waals surface area contributed by atoms with Crippen LogP contribution in [0.3, 0.4) is 0 Å². The first-order valence-electron chi connectivity index (χ1n) is 8.63. The van der Waals surface area contributed by atoms with E-state index in [1.165, 1.54) is 32.1 Å². The third-order valence-electron chi connectivity index (χ3n) is 4.51. The van der Waals surface area contributed by atoms with Crippen molar-refractivity contribution in [1.82, 2.24) is 10.2 Å². The van der Waals surface area contributed by atoms with Crippen molar-refractivity contribution >= 4 is 6.09 Å². The number of unbranched alkanes of at least 4 members (excludes halogenated alkanes) is 4. The zero-order valence-corrected chi connectivity index (χ0v) is 14.2. The number of nitrogens with one attached hydrogen (secondary N) is 1. The molecule has 2 atom stereocenters. The molecule has 1 aliphatic carbocycles. The quantitative estimate of drug-likeness (QED) is 0.732. The molecular weight excluding hydrogens is 264 g/mol. The lowest BCUT2D eigenvalue weighted by Crippen LogP contribution is -2.39. The summed E-state index contributed by atoms with van der Waals surface area (Å²) in [7, 11) is 0. The van der Waals surface area contributed by atoms with Crippen LogP contribution in [-0.2, 0) is 4.74 Å². The van der Waals surface area contributed by atoms with Crippen LogP contribution in [0.1, 0.15) is 59.8 Å². The van der Waals surface area contributed by atoms with Crippen molar-refractivity contribution in [3.8, 4) is 0 Å². The molecule has 0 radical (unpaired) electrons. The van der Waals surface area contributed by atoms with Gasteiger partial charge in [0, 0.05) is 19.1 Å². The summed E-state index contributed by atoms with van der Waals surface area (Å²) in [5, 5.41) is 3.66. The fourth-order valence-corrected chi connectivity index (χ4v) is 3.30. The van der Waals surface area contributed by atoms with Crippen LogP contribution in [0, 0.1) is 11.8 Å². The Balaban J connectivity index is 1.56. The van der Waals surface area contributed by atoms with Crippen LogP contribution in [0.2, 0.25) is 0 Å². The SMILES string of the molecule is CCCCCCCNC1C2CN(C(=O)OC(C)(C)C)CC21. The van der Waals surface area contributed by atoms with Crippen LogP contribution < -0.4 is 5.32 Å². The van der Waals surface area contributed by atoms with Gasteiger partial charge in [0.25, 0.3) is 0 Å². The lowest BCUT2D eigenvalue weighted by Gasteiger charge is -2.26. The van der Waals surface area contributed by atoms with Crippen LogP contribution in [0.25, 0.3) is 0 Å². The molecule has 1 amide bonds. The van der Waals surface area contributed by atoms with Gasteiger partial charge < -0.3 is 15.0 Å². The van der Waals surface area contributed by atoms with Crippen molar-refractivity contribution in [3.63, 3.8) is 0 Å². The summed E-state index contributed by atoms with van der Waals surface area (Å²) >= 11 is 0. The lowest BCUT2D eigenvalue weighted by atomic mass is 10.1. The maximum Gasteiger partial charge on any atom is 0.410 e. The van der Waals surface area contributed by atoms with Gasteiger partial charge in [-0.1, -0.05) is 32.6 Å². The van der Waals surface area contributed by atoms with Gasteiger partial charge in [-0.15, -0.1) is 0 Å². The van der Waals surface area contributed by atoms with Crippen molar-refractivity contribution in [3.05, 3.63) is 0 Å². The molecule has 0 aromatic rings. The molecule has 0 aromatic heterocycles. The van der Waals surface area contributed by atoms with Crippen molar-refractivity contribution in [1.29, 1.82) is 0 Å². The molecule has 0 aromatic carbocycles. The monoisotopic (exact) mass is 296 g/mol. The number of nitrogens with zero attached hydrogens (tertiary/aromatic N) is 1. The van der Waals surface area contributed by atoms with Gasteiger partial charge in [-0.3, -0.25) is 0 Å². The van der Waals surface area contributed by atoms with Crippen LogP contribution in [0.15, 0.2) is 0 Å².